The van der Waals surface area contributed by atoms with Gasteiger partial charge in [0.2, 0.25) is 0 Å². The summed E-state index contributed by atoms with van der Waals surface area (Å²) in [7, 11) is 0. The number of carbonyl (C=O) groups excluding carboxylic acids is 1. The minimum atomic E-state index is -0.0141. The van der Waals surface area contributed by atoms with Crippen LogP contribution in [0.4, 0.5) is 0 Å². The lowest BCUT2D eigenvalue weighted by molar-refractivity contribution is -0.00328. The molecule has 0 N–H and O–H groups in total. The van der Waals surface area contributed by atoms with E-state index in [1.54, 1.807) is 12.1 Å². The standard InChI is InChI=1S/C14H19NO3/c16-14(13-4-2-8-17-13)15-7-1-3-12(9-15)18-10-11-5-6-11/h2,4,8,11-12H,1,3,5-7,9-10H2. The molecule has 98 valence electrons. The first-order chi connectivity index (χ1) is 8.83. The number of hydrogen-bond acceptors (Lipinski definition) is 3. The largest absolute Gasteiger partial charge is 0.459 e. The minimum Gasteiger partial charge on any atom is -0.459 e. The van der Waals surface area contributed by atoms with Gasteiger partial charge in [0, 0.05) is 19.7 Å². The second kappa shape index (κ2) is 5.14. The summed E-state index contributed by atoms with van der Waals surface area (Å²) in [6, 6.07) is 3.47. The summed E-state index contributed by atoms with van der Waals surface area (Å²) in [6.07, 6.45) is 6.44. The van der Waals surface area contributed by atoms with Gasteiger partial charge in [0.25, 0.3) is 5.91 Å². The highest BCUT2D eigenvalue weighted by atomic mass is 16.5. The van der Waals surface area contributed by atoms with Crippen LogP contribution in [0.2, 0.25) is 0 Å². The molecule has 4 heteroatoms. The molecule has 2 aliphatic rings. The molecule has 0 spiro atoms. The molecule has 1 atom stereocenters. The molecule has 3 rings (SSSR count). The van der Waals surface area contributed by atoms with Gasteiger partial charge >= 0.3 is 0 Å². The van der Waals surface area contributed by atoms with Crippen LogP contribution in [0.1, 0.15) is 36.2 Å². The van der Waals surface area contributed by atoms with E-state index in [4.69, 9.17) is 9.15 Å². The molecule has 1 aliphatic carbocycles. The van der Waals surface area contributed by atoms with Gasteiger partial charge in [0.1, 0.15) is 0 Å². The van der Waals surface area contributed by atoms with E-state index in [9.17, 15) is 4.79 Å². The van der Waals surface area contributed by atoms with Gasteiger partial charge in [-0.1, -0.05) is 0 Å². The van der Waals surface area contributed by atoms with Crippen molar-refractivity contribution in [1.82, 2.24) is 4.90 Å². The van der Waals surface area contributed by atoms with Crippen molar-refractivity contribution in [2.45, 2.75) is 31.8 Å². The molecule has 1 aromatic heterocycles. The zero-order chi connectivity index (χ0) is 12.4. The molecule has 0 radical (unpaired) electrons. The summed E-state index contributed by atoms with van der Waals surface area (Å²) in [5.74, 6) is 1.19. The van der Waals surface area contributed by atoms with E-state index < -0.39 is 0 Å². The van der Waals surface area contributed by atoms with Crippen LogP contribution in [0.3, 0.4) is 0 Å². The highest BCUT2D eigenvalue weighted by Crippen LogP contribution is 2.30. The number of rotatable bonds is 4. The molecule has 1 unspecified atom stereocenters. The third-order valence-electron chi connectivity index (χ3n) is 3.66. The summed E-state index contributed by atoms with van der Waals surface area (Å²) in [5.41, 5.74) is 0. The van der Waals surface area contributed by atoms with E-state index in [0.29, 0.717) is 12.3 Å². The van der Waals surface area contributed by atoms with Crippen molar-refractivity contribution in [2.75, 3.05) is 19.7 Å². The molecule has 4 nitrogen and oxygen atoms in total. The van der Waals surface area contributed by atoms with Crippen LogP contribution in [0.15, 0.2) is 22.8 Å². The first-order valence-electron chi connectivity index (χ1n) is 6.77. The van der Waals surface area contributed by atoms with Crippen molar-refractivity contribution in [3.05, 3.63) is 24.2 Å². The summed E-state index contributed by atoms with van der Waals surface area (Å²) in [5, 5.41) is 0. The first-order valence-corrected chi connectivity index (χ1v) is 6.77. The van der Waals surface area contributed by atoms with Crippen LogP contribution in [-0.4, -0.2) is 36.6 Å². The summed E-state index contributed by atoms with van der Waals surface area (Å²) >= 11 is 0. The molecule has 1 saturated carbocycles. The number of nitrogens with zero attached hydrogens (tertiary/aromatic N) is 1. The van der Waals surface area contributed by atoms with Crippen LogP contribution in [0.25, 0.3) is 0 Å². The fraction of sp³-hybridized carbons (Fsp3) is 0.643. The molecule has 2 heterocycles. The number of likely N-dealkylation sites (tertiary alicyclic amines) is 1. The topological polar surface area (TPSA) is 42.7 Å². The third-order valence-corrected chi connectivity index (χ3v) is 3.66. The number of furan rings is 1. The molecule has 1 aromatic rings. The van der Waals surface area contributed by atoms with E-state index in [1.807, 2.05) is 4.90 Å². The Balaban J connectivity index is 1.54. The maximum absolute atomic E-state index is 12.1. The second-order valence-electron chi connectivity index (χ2n) is 5.27. The van der Waals surface area contributed by atoms with E-state index in [-0.39, 0.29) is 12.0 Å². The maximum Gasteiger partial charge on any atom is 0.289 e. The van der Waals surface area contributed by atoms with Crippen molar-refractivity contribution in [3.63, 3.8) is 0 Å². The predicted octanol–water partition coefficient (Wildman–Crippen LogP) is 2.31. The number of carbonyl (C=O) groups is 1. The molecule has 1 saturated heterocycles. The highest BCUT2D eigenvalue weighted by molar-refractivity contribution is 5.91. The lowest BCUT2D eigenvalue weighted by Gasteiger charge is -2.32. The number of hydrogen-bond donors (Lipinski definition) is 0. The first kappa shape index (κ1) is 11.8. The molecule has 18 heavy (non-hydrogen) atoms. The molecule has 1 aliphatic heterocycles. The lowest BCUT2D eigenvalue weighted by Crippen LogP contribution is -2.43. The van der Waals surface area contributed by atoms with Crippen LogP contribution in [0.5, 0.6) is 0 Å². The number of amides is 1. The van der Waals surface area contributed by atoms with Gasteiger partial charge in [0.15, 0.2) is 5.76 Å². The van der Waals surface area contributed by atoms with E-state index in [1.165, 1.54) is 19.1 Å². The zero-order valence-corrected chi connectivity index (χ0v) is 10.5. The summed E-state index contributed by atoms with van der Waals surface area (Å²) < 4.78 is 11.0. The summed E-state index contributed by atoms with van der Waals surface area (Å²) in [4.78, 5) is 14.0. The number of piperidine rings is 1. The van der Waals surface area contributed by atoms with Crippen molar-refractivity contribution < 1.29 is 13.9 Å². The minimum absolute atomic E-state index is 0.0141. The van der Waals surface area contributed by atoms with E-state index in [0.717, 1.165) is 31.9 Å². The van der Waals surface area contributed by atoms with Gasteiger partial charge in [-0.2, -0.15) is 0 Å². The smallest absolute Gasteiger partial charge is 0.289 e. The monoisotopic (exact) mass is 249 g/mol. The quantitative estimate of drug-likeness (QED) is 0.822. The summed E-state index contributed by atoms with van der Waals surface area (Å²) in [6.45, 7) is 2.38. The third kappa shape index (κ3) is 2.75. The fourth-order valence-electron chi connectivity index (χ4n) is 2.37. The van der Waals surface area contributed by atoms with Crippen molar-refractivity contribution in [3.8, 4) is 0 Å². The normalized spacial score (nSPS) is 24.2. The van der Waals surface area contributed by atoms with Gasteiger partial charge in [-0.05, 0) is 43.7 Å². The van der Waals surface area contributed by atoms with E-state index >= 15 is 0 Å². The van der Waals surface area contributed by atoms with Crippen LogP contribution >= 0.6 is 0 Å². The second-order valence-corrected chi connectivity index (χ2v) is 5.27. The fourth-order valence-corrected chi connectivity index (χ4v) is 2.37. The molecular formula is C14H19NO3. The average Bonchev–Trinajstić information content (AvgIpc) is 3.08. The van der Waals surface area contributed by atoms with E-state index in [2.05, 4.69) is 0 Å². The number of ether oxygens (including phenoxy) is 1. The Hall–Kier alpha value is -1.29. The van der Waals surface area contributed by atoms with Crippen LogP contribution in [0, 0.1) is 5.92 Å². The van der Waals surface area contributed by atoms with Gasteiger partial charge in [-0.15, -0.1) is 0 Å². The SMILES string of the molecule is O=C(c1ccco1)N1CCCC(OCC2CC2)C1. The Kier molecular flexibility index (Phi) is 3.37. The van der Waals surface area contributed by atoms with Crippen molar-refractivity contribution in [2.24, 2.45) is 5.92 Å². The van der Waals surface area contributed by atoms with Gasteiger partial charge in [0.05, 0.1) is 12.4 Å². The molecule has 2 fully saturated rings. The van der Waals surface area contributed by atoms with Gasteiger partial charge in [-0.25, -0.2) is 0 Å². The Morgan fingerprint density at radius 2 is 2.33 bits per heavy atom. The maximum atomic E-state index is 12.1. The van der Waals surface area contributed by atoms with Crippen LogP contribution < -0.4 is 0 Å². The van der Waals surface area contributed by atoms with Crippen LogP contribution in [-0.2, 0) is 4.74 Å². The van der Waals surface area contributed by atoms with Crippen molar-refractivity contribution >= 4 is 5.91 Å². The molecule has 1 amide bonds. The average molecular weight is 249 g/mol. The lowest BCUT2D eigenvalue weighted by atomic mass is 10.1. The van der Waals surface area contributed by atoms with Crippen molar-refractivity contribution in [1.29, 1.82) is 0 Å². The Bertz CT molecular complexity index is 397. The Morgan fingerprint density at radius 3 is 3.06 bits per heavy atom. The van der Waals surface area contributed by atoms with Gasteiger partial charge < -0.3 is 14.1 Å². The zero-order valence-electron chi connectivity index (χ0n) is 10.5. The highest BCUT2D eigenvalue weighted by Gasteiger charge is 2.28. The molecule has 0 bridgehead atoms. The predicted molar refractivity (Wildman–Crippen MR) is 66.3 cm³/mol. The molecule has 0 aromatic carbocycles. The van der Waals surface area contributed by atoms with Gasteiger partial charge in [-0.3, -0.25) is 4.79 Å². The Morgan fingerprint density at radius 1 is 1.44 bits per heavy atom. The Labute approximate surface area is 107 Å². The molecular weight excluding hydrogens is 230 g/mol.